The van der Waals surface area contributed by atoms with Crippen LogP contribution in [0, 0.1) is 38.9 Å². The van der Waals surface area contributed by atoms with Crippen molar-refractivity contribution in [3.8, 4) is 0 Å². The first-order valence-corrected chi connectivity index (χ1v) is 10.9. The summed E-state index contributed by atoms with van der Waals surface area (Å²) in [6, 6.07) is 0. The molecule has 0 heterocycles. The van der Waals surface area contributed by atoms with Crippen molar-refractivity contribution in [2.75, 3.05) is 0 Å². The maximum atomic E-state index is 13.5. The lowest BCUT2D eigenvalue weighted by molar-refractivity contribution is -0.183. The van der Waals surface area contributed by atoms with Gasteiger partial charge in [0, 0.05) is 0 Å². The molecule has 1 aliphatic rings. The molecule has 0 aromatic heterocycles. The van der Waals surface area contributed by atoms with Crippen molar-refractivity contribution in [2.45, 2.75) is 115 Å². The molecule has 1 fully saturated rings. The molecule has 0 amide bonds. The zero-order valence-corrected chi connectivity index (χ0v) is 20.7. The molecular formula is C25H48O2. The highest BCUT2D eigenvalue weighted by molar-refractivity contribution is 5.78. The van der Waals surface area contributed by atoms with E-state index in [1.807, 2.05) is 0 Å². The van der Waals surface area contributed by atoms with Gasteiger partial charge in [-0.25, -0.2) is 0 Å². The maximum absolute atomic E-state index is 13.5. The van der Waals surface area contributed by atoms with E-state index in [4.69, 9.17) is 4.74 Å². The summed E-state index contributed by atoms with van der Waals surface area (Å²) in [5.41, 5.74) is -0.377. The number of rotatable bonds is 2. The van der Waals surface area contributed by atoms with Crippen molar-refractivity contribution in [3.63, 3.8) is 0 Å². The van der Waals surface area contributed by atoms with E-state index in [9.17, 15) is 4.79 Å². The molecule has 2 heteroatoms. The minimum Gasteiger partial charge on any atom is -0.462 e. The van der Waals surface area contributed by atoms with Gasteiger partial charge in [-0.3, -0.25) is 4.79 Å². The number of carbonyl (C=O) groups is 1. The molecule has 2 atom stereocenters. The van der Waals surface area contributed by atoms with Crippen LogP contribution in [0.2, 0.25) is 0 Å². The number of esters is 1. The second kappa shape index (κ2) is 7.38. The van der Waals surface area contributed by atoms with E-state index in [1.165, 1.54) is 6.42 Å². The molecule has 0 bridgehead atoms. The van der Waals surface area contributed by atoms with Crippen LogP contribution < -0.4 is 0 Å². The SMILES string of the molecule is CC(C)(C)C1CC(OC(=O)C(C)(C(C)(C)C)C(C)(C)C)CC(C(C)(C)C)C1. The van der Waals surface area contributed by atoms with Gasteiger partial charge in [0.25, 0.3) is 0 Å². The van der Waals surface area contributed by atoms with Crippen LogP contribution in [0.5, 0.6) is 0 Å². The Kier molecular flexibility index (Phi) is 6.70. The summed E-state index contributed by atoms with van der Waals surface area (Å²) < 4.78 is 6.32. The van der Waals surface area contributed by atoms with Crippen LogP contribution in [0.15, 0.2) is 0 Å². The Labute approximate surface area is 170 Å². The Balaban J connectivity index is 3.15. The van der Waals surface area contributed by atoms with Crippen molar-refractivity contribution in [2.24, 2.45) is 38.9 Å². The molecular weight excluding hydrogens is 332 g/mol. The van der Waals surface area contributed by atoms with Crippen LogP contribution >= 0.6 is 0 Å². The molecule has 0 aromatic carbocycles. The first-order valence-electron chi connectivity index (χ1n) is 10.9. The van der Waals surface area contributed by atoms with Gasteiger partial charge in [-0.2, -0.15) is 0 Å². The van der Waals surface area contributed by atoms with Crippen LogP contribution in [0.3, 0.4) is 0 Å². The lowest BCUT2D eigenvalue weighted by Gasteiger charge is -2.50. The maximum Gasteiger partial charge on any atom is 0.313 e. The van der Waals surface area contributed by atoms with Gasteiger partial charge in [-0.05, 0) is 59.7 Å². The first-order chi connectivity index (χ1) is 11.7. The van der Waals surface area contributed by atoms with Gasteiger partial charge in [0.2, 0.25) is 0 Å². The summed E-state index contributed by atoms with van der Waals surface area (Å²) in [6.45, 7) is 29.1. The Morgan fingerprint density at radius 3 is 1.22 bits per heavy atom. The Bertz CT molecular complexity index is 480. The Morgan fingerprint density at radius 2 is 0.963 bits per heavy atom. The molecule has 160 valence electrons. The second-order valence-corrected chi connectivity index (χ2v) is 13.5. The third kappa shape index (κ3) is 5.30. The normalized spacial score (nSPS) is 26.0. The van der Waals surface area contributed by atoms with Crippen LogP contribution in [0.25, 0.3) is 0 Å². The molecule has 0 radical (unpaired) electrons. The smallest absolute Gasteiger partial charge is 0.313 e. The lowest BCUT2D eigenvalue weighted by atomic mass is 9.55. The second-order valence-electron chi connectivity index (χ2n) is 13.5. The van der Waals surface area contributed by atoms with Crippen molar-refractivity contribution in [1.29, 1.82) is 0 Å². The van der Waals surface area contributed by atoms with Gasteiger partial charge >= 0.3 is 5.97 Å². The molecule has 0 aromatic rings. The van der Waals surface area contributed by atoms with Gasteiger partial charge in [0.1, 0.15) is 6.10 Å². The molecule has 27 heavy (non-hydrogen) atoms. The number of hydrogen-bond acceptors (Lipinski definition) is 2. The summed E-state index contributed by atoms with van der Waals surface area (Å²) in [7, 11) is 0. The number of hydrogen-bond donors (Lipinski definition) is 0. The summed E-state index contributed by atoms with van der Waals surface area (Å²) in [4.78, 5) is 13.5. The van der Waals surface area contributed by atoms with E-state index in [-0.39, 0.29) is 33.7 Å². The zero-order valence-electron chi connectivity index (χ0n) is 20.7. The van der Waals surface area contributed by atoms with Gasteiger partial charge in [0.15, 0.2) is 0 Å². The van der Waals surface area contributed by atoms with E-state index in [2.05, 4.69) is 90.0 Å². The summed E-state index contributed by atoms with van der Waals surface area (Å²) in [6.07, 6.45) is 3.25. The highest BCUT2D eigenvalue weighted by atomic mass is 16.5. The van der Waals surface area contributed by atoms with E-state index in [0.717, 1.165) is 12.8 Å². The molecule has 0 N–H and O–H groups in total. The molecule has 1 rings (SSSR count). The van der Waals surface area contributed by atoms with Gasteiger partial charge in [0.05, 0.1) is 5.41 Å². The van der Waals surface area contributed by atoms with Crippen molar-refractivity contribution < 1.29 is 9.53 Å². The first kappa shape index (κ1) is 24.5. The average molecular weight is 381 g/mol. The third-order valence-corrected chi connectivity index (χ3v) is 7.80. The fourth-order valence-electron chi connectivity index (χ4n) is 4.78. The quantitative estimate of drug-likeness (QED) is 0.463. The average Bonchev–Trinajstić information content (AvgIpc) is 2.41. The lowest BCUT2D eigenvalue weighted by Crippen LogP contribution is -2.52. The molecule has 2 nitrogen and oxygen atoms in total. The van der Waals surface area contributed by atoms with Crippen LogP contribution in [0.4, 0.5) is 0 Å². The van der Waals surface area contributed by atoms with Crippen LogP contribution in [0.1, 0.15) is 109 Å². The molecule has 1 saturated carbocycles. The summed E-state index contributed by atoms with van der Waals surface area (Å²) >= 11 is 0. The van der Waals surface area contributed by atoms with E-state index < -0.39 is 5.41 Å². The third-order valence-electron chi connectivity index (χ3n) is 7.80. The van der Waals surface area contributed by atoms with E-state index >= 15 is 0 Å². The minimum absolute atomic E-state index is 0.0188. The van der Waals surface area contributed by atoms with Gasteiger partial charge < -0.3 is 4.74 Å². The van der Waals surface area contributed by atoms with E-state index in [0.29, 0.717) is 11.8 Å². The molecule has 0 spiro atoms. The van der Waals surface area contributed by atoms with Crippen molar-refractivity contribution in [3.05, 3.63) is 0 Å². The zero-order chi connectivity index (χ0) is 21.6. The largest absolute Gasteiger partial charge is 0.462 e. The molecule has 0 aliphatic heterocycles. The molecule has 1 aliphatic carbocycles. The topological polar surface area (TPSA) is 26.3 Å². The predicted molar refractivity (Wildman–Crippen MR) is 117 cm³/mol. The van der Waals surface area contributed by atoms with Crippen LogP contribution in [-0.2, 0) is 9.53 Å². The summed E-state index contributed by atoms with van der Waals surface area (Å²) in [5.74, 6) is 1.15. The monoisotopic (exact) mass is 380 g/mol. The minimum atomic E-state index is -0.536. The fourth-order valence-corrected chi connectivity index (χ4v) is 4.78. The Morgan fingerprint density at radius 1 is 0.630 bits per heavy atom. The summed E-state index contributed by atoms with van der Waals surface area (Å²) in [5, 5.41) is 0. The van der Waals surface area contributed by atoms with Gasteiger partial charge in [-0.1, -0.05) is 83.1 Å². The highest BCUT2D eigenvalue weighted by Crippen LogP contribution is 2.53. The van der Waals surface area contributed by atoms with Crippen molar-refractivity contribution in [1.82, 2.24) is 0 Å². The standard InChI is InChI=1S/C25H48O2/c1-21(2,3)17-14-18(22(4,5)6)16-19(15-17)27-20(26)25(13,23(7,8)9)24(10,11)12/h17-19H,14-16H2,1-13H3. The van der Waals surface area contributed by atoms with Crippen LogP contribution in [-0.4, -0.2) is 12.1 Å². The number of carbonyl (C=O) groups excluding carboxylic acids is 1. The molecule has 0 saturated heterocycles. The van der Waals surface area contributed by atoms with Gasteiger partial charge in [-0.15, -0.1) is 0 Å². The number of ether oxygens (including phenoxy) is 1. The van der Waals surface area contributed by atoms with Crippen molar-refractivity contribution >= 4 is 5.97 Å². The predicted octanol–water partition coefficient (Wildman–Crippen LogP) is 7.51. The molecule has 2 unspecified atom stereocenters. The fraction of sp³-hybridized carbons (Fsp3) is 0.960. The Hall–Kier alpha value is -0.530. The van der Waals surface area contributed by atoms with E-state index in [1.54, 1.807) is 0 Å². The highest BCUT2D eigenvalue weighted by Gasteiger charge is 2.54.